The van der Waals surface area contributed by atoms with Gasteiger partial charge in [0.1, 0.15) is 5.92 Å². The minimum absolute atomic E-state index is 0.0856. The Bertz CT molecular complexity index is 170. The van der Waals surface area contributed by atoms with E-state index in [0.717, 1.165) is 0 Å². The van der Waals surface area contributed by atoms with Gasteiger partial charge in [0.15, 0.2) is 0 Å². The number of likely N-dealkylation sites (tertiary alicyclic amines) is 1. The minimum atomic E-state index is -0.421. The summed E-state index contributed by atoms with van der Waals surface area (Å²) < 4.78 is 0. The van der Waals surface area contributed by atoms with E-state index in [4.69, 9.17) is 5.26 Å². The highest BCUT2D eigenvalue weighted by molar-refractivity contribution is 5.83. The molecule has 1 aliphatic rings. The predicted molar refractivity (Wildman–Crippen MR) is 30.8 cm³/mol. The third kappa shape index (κ3) is 0.879. The van der Waals surface area contributed by atoms with Crippen LogP contribution in [0.3, 0.4) is 0 Å². The van der Waals surface area contributed by atoms with Crippen LogP contribution in [0.1, 0.15) is 6.42 Å². The molecule has 0 spiro atoms. The van der Waals surface area contributed by atoms with Crippen molar-refractivity contribution in [1.82, 2.24) is 4.90 Å². The van der Waals surface area contributed by atoms with Crippen molar-refractivity contribution in [3.63, 3.8) is 0 Å². The molecule has 1 fully saturated rings. The molecule has 9 heavy (non-hydrogen) atoms. The minimum Gasteiger partial charge on any atom is -0.340 e. The van der Waals surface area contributed by atoms with E-state index in [1.54, 1.807) is 13.6 Å². The number of nitriles is 1. The second-order valence-corrected chi connectivity index (χ2v) is 2.05. The zero-order valence-electron chi connectivity index (χ0n) is 5.16. The molecule has 1 unspecified atom stereocenters. The molecule has 1 rings (SSSR count). The van der Waals surface area contributed by atoms with Crippen molar-refractivity contribution in [2.75, 3.05) is 7.05 Å². The van der Waals surface area contributed by atoms with Crippen LogP contribution in [0.4, 0.5) is 0 Å². The van der Waals surface area contributed by atoms with E-state index in [9.17, 15) is 4.79 Å². The molecule has 1 radical (unpaired) electrons. The van der Waals surface area contributed by atoms with E-state index >= 15 is 0 Å². The van der Waals surface area contributed by atoms with Gasteiger partial charge in [0.05, 0.1) is 12.6 Å². The van der Waals surface area contributed by atoms with Crippen LogP contribution in [0.25, 0.3) is 0 Å². The summed E-state index contributed by atoms with van der Waals surface area (Å²) in [6.45, 7) is 1.73. The fourth-order valence-electron chi connectivity index (χ4n) is 0.808. The molecule has 3 heteroatoms. The summed E-state index contributed by atoms with van der Waals surface area (Å²) in [4.78, 5) is 12.3. The molecule has 0 aromatic rings. The van der Waals surface area contributed by atoms with Gasteiger partial charge in [0.25, 0.3) is 0 Å². The molecule has 1 amide bonds. The summed E-state index contributed by atoms with van der Waals surface area (Å²) >= 11 is 0. The number of carbonyl (C=O) groups excluding carboxylic acids is 1. The Hall–Kier alpha value is -1.04. The number of hydrogen-bond donors (Lipinski definition) is 0. The van der Waals surface area contributed by atoms with Crippen molar-refractivity contribution < 1.29 is 4.79 Å². The van der Waals surface area contributed by atoms with Crippen LogP contribution < -0.4 is 0 Å². The first-order valence-corrected chi connectivity index (χ1v) is 2.75. The quantitative estimate of drug-likeness (QED) is 0.460. The summed E-state index contributed by atoms with van der Waals surface area (Å²) in [6.07, 6.45) is 0.575. The van der Waals surface area contributed by atoms with E-state index in [0.29, 0.717) is 6.42 Å². The van der Waals surface area contributed by atoms with Gasteiger partial charge < -0.3 is 4.90 Å². The van der Waals surface area contributed by atoms with Crippen LogP contribution in [-0.4, -0.2) is 17.9 Å². The van der Waals surface area contributed by atoms with Crippen molar-refractivity contribution in [3.05, 3.63) is 6.54 Å². The van der Waals surface area contributed by atoms with Crippen LogP contribution in [-0.2, 0) is 4.79 Å². The third-order valence-corrected chi connectivity index (χ3v) is 1.42. The number of carbonyl (C=O) groups is 1. The van der Waals surface area contributed by atoms with Crippen LogP contribution in [0.2, 0.25) is 0 Å². The van der Waals surface area contributed by atoms with Crippen molar-refractivity contribution in [1.29, 1.82) is 5.26 Å². The fourth-order valence-corrected chi connectivity index (χ4v) is 0.808. The number of amides is 1. The highest BCUT2D eigenvalue weighted by Gasteiger charge is 2.28. The van der Waals surface area contributed by atoms with E-state index in [2.05, 4.69) is 0 Å². The third-order valence-electron chi connectivity index (χ3n) is 1.42. The van der Waals surface area contributed by atoms with Crippen LogP contribution in [0.15, 0.2) is 0 Å². The van der Waals surface area contributed by atoms with Gasteiger partial charge in [-0.15, -0.1) is 0 Å². The Morgan fingerprint density at radius 1 is 2.00 bits per heavy atom. The molecule has 0 aromatic carbocycles. The molecule has 0 saturated carbocycles. The SMILES string of the molecule is CN1[CH]CC(C#N)C1=O. The van der Waals surface area contributed by atoms with E-state index in [1.165, 1.54) is 4.90 Å². The monoisotopic (exact) mass is 123 g/mol. The van der Waals surface area contributed by atoms with Crippen LogP contribution >= 0.6 is 0 Å². The molecule has 0 N–H and O–H groups in total. The maximum absolute atomic E-state index is 10.8. The van der Waals surface area contributed by atoms with Crippen molar-refractivity contribution in [2.24, 2.45) is 5.92 Å². The van der Waals surface area contributed by atoms with Gasteiger partial charge in [-0.1, -0.05) is 0 Å². The lowest BCUT2D eigenvalue weighted by molar-refractivity contribution is -0.127. The van der Waals surface area contributed by atoms with E-state index in [1.807, 2.05) is 6.07 Å². The van der Waals surface area contributed by atoms with Gasteiger partial charge >= 0.3 is 0 Å². The Morgan fingerprint density at radius 3 is 2.89 bits per heavy atom. The summed E-state index contributed by atoms with van der Waals surface area (Å²) in [5.74, 6) is -0.507. The smallest absolute Gasteiger partial charge is 0.240 e. The second-order valence-electron chi connectivity index (χ2n) is 2.05. The van der Waals surface area contributed by atoms with Gasteiger partial charge in [0, 0.05) is 7.05 Å². The molecule has 1 heterocycles. The van der Waals surface area contributed by atoms with Crippen LogP contribution in [0, 0.1) is 23.8 Å². The molecule has 3 nitrogen and oxygen atoms in total. The van der Waals surface area contributed by atoms with Crippen molar-refractivity contribution >= 4 is 5.91 Å². The molecule has 1 aliphatic heterocycles. The Kier molecular flexibility index (Phi) is 1.39. The Balaban J connectivity index is 2.65. The molecule has 0 aromatic heterocycles. The molecule has 1 saturated heterocycles. The van der Waals surface area contributed by atoms with E-state index in [-0.39, 0.29) is 5.91 Å². The second kappa shape index (κ2) is 2.06. The first kappa shape index (κ1) is 6.09. The van der Waals surface area contributed by atoms with Crippen LogP contribution in [0.5, 0.6) is 0 Å². The number of hydrogen-bond acceptors (Lipinski definition) is 2. The van der Waals surface area contributed by atoms with Gasteiger partial charge in [-0.25, -0.2) is 0 Å². The lowest BCUT2D eigenvalue weighted by atomic mass is 10.1. The highest BCUT2D eigenvalue weighted by atomic mass is 16.2. The standard InChI is InChI=1S/C6H7N2O/c1-8-3-2-5(4-7)6(8)9/h3,5H,2H2,1H3. The largest absolute Gasteiger partial charge is 0.340 e. The lowest BCUT2D eigenvalue weighted by Gasteiger charge is -2.03. The maximum atomic E-state index is 10.8. The van der Waals surface area contributed by atoms with Gasteiger partial charge in [0.2, 0.25) is 5.91 Å². The lowest BCUT2D eigenvalue weighted by Crippen LogP contribution is -2.19. The molecular formula is C6H7N2O. The Labute approximate surface area is 53.9 Å². The van der Waals surface area contributed by atoms with Gasteiger partial charge in [-0.05, 0) is 6.42 Å². The van der Waals surface area contributed by atoms with Gasteiger partial charge in [-0.2, -0.15) is 5.26 Å². The maximum Gasteiger partial charge on any atom is 0.240 e. The summed E-state index contributed by atoms with van der Waals surface area (Å²) in [6, 6.07) is 1.92. The number of nitrogens with zero attached hydrogens (tertiary/aromatic N) is 2. The van der Waals surface area contributed by atoms with Crippen molar-refractivity contribution in [3.8, 4) is 6.07 Å². The summed E-state index contributed by atoms with van der Waals surface area (Å²) in [7, 11) is 1.67. The zero-order valence-corrected chi connectivity index (χ0v) is 5.16. The normalized spacial score (nSPS) is 26.4. The molecule has 1 atom stereocenters. The first-order valence-electron chi connectivity index (χ1n) is 2.75. The zero-order chi connectivity index (χ0) is 6.85. The Morgan fingerprint density at radius 2 is 2.67 bits per heavy atom. The van der Waals surface area contributed by atoms with Gasteiger partial charge in [-0.3, -0.25) is 4.79 Å². The average molecular weight is 123 g/mol. The van der Waals surface area contributed by atoms with E-state index < -0.39 is 5.92 Å². The predicted octanol–water partition coefficient (Wildman–Crippen LogP) is 0.150. The first-order chi connectivity index (χ1) is 4.25. The highest BCUT2D eigenvalue weighted by Crippen LogP contribution is 2.17. The molecule has 47 valence electrons. The topological polar surface area (TPSA) is 44.1 Å². The molecule has 0 bridgehead atoms. The van der Waals surface area contributed by atoms with Crippen molar-refractivity contribution in [2.45, 2.75) is 6.42 Å². The number of rotatable bonds is 0. The average Bonchev–Trinajstić information content (AvgIpc) is 2.15. The summed E-state index contributed by atoms with van der Waals surface area (Å²) in [5.41, 5.74) is 0. The fraction of sp³-hybridized carbons (Fsp3) is 0.500. The molecule has 0 aliphatic carbocycles. The summed E-state index contributed by atoms with van der Waals surface area (Å²) in [5, 5.41) is 8.34. The molecular weight excluding hydrogens is 116 g/mol.